The zero-order valence-corrected chi connectivity index (χ0v) is 23.2. The minimum atomic E-state index is -0.199. The fourth-order valence-corrected chi connectivity index (χ4v) is 4.31. The van der Waals surface area contributed by atoms with Crippen LogP contribution in [0, 0.1) is 0 Å². The summed E-state index contributed by atoms with van der Waals surface area (Å²) in [5.41, 5.74) is 0. The first-order valence-corrected chi connectivity index (χ1v) is 14.9. The van der Waals surface area contributed by atoms with Crippen molar-refractivity contribution in [2.75, 3.05) is 6.61 Å². The second-order valence-electron chi connectivity index (χ2n) is 10.2. The van der Waals surface area contributed by atoms with Crippen LogP contribution in [0.2, 0.25) is 0 Å². The number of carbonyl (C=O) groups is 2. The first kappa shape index (κ1) is 32.9. The standard InChI is InChI=1S/C30H58O4/c1-4-6-8-9-10-11-12-13-14-15-16-17-18-19-20-22-27-33-29(31)25-23-26-30(32)34-28(3)24-21-7-5-2/h28H,4-27H2,1-3H3. The molecule has 0 N–H and O–H groups in total. The number of unbranched alkanes of at least 4 members (excludes halogenated alkanes) is 17. The number of ether oxygens (including phenoxy) is 2. The van der Waals surface area contributed by atoms with E-state index < -0.39 is 0 Å². The predicted molar refractivity (Wildman–Crippen MR) is 144 cm³/mol. The van der Waals surface area contributed by atoms with Crippen LogP contribution in [0.15, 0.2) is 0 Å². The van der Waals surface area contributed by atoms with Gasteiger partial charge in [0.05, 0.1) is 12.7 Å². The Kier molecular flexibility index (Phi) is 25.7. The van der Waals surface area contributed by atoms with Crippen molar-refractivity contribution in [2.24, 2.45) is 0 Å². The third kappa shape index (κ3) is 25.6. The van der Waals surface area contributed by atoms with E-state index in [1.165, 1.54) is 103 Å². The summed E-state index contributed by atoms with van der Waals surface area (Å²) in [5.74, 6) is -0.389. The van der Waals surface area contributed by atoms with E-state index in [9.17, 15) is 9.59 Å². The van der Waals surface area contributed by atoms with E-state index in [0.29, 0.717) is 25.9 Å². The molecule has 0 aliphatic carbocycles. The lowest BCUT2D eigenvalue weighted by atomic mass is 10.0. The maximum atomic E-state index is 11.8. The van der Waals surface area contributed by atoms with Crippen LogP contribution in [0.1, 0.15) is 168 Å². The zero-order valence-electron chi connectivity index (χ0n) is 23.2. The van der Waals surface area contributed by atoms with Crippen LogP contribution in [0.4, 0.5) is 0 Å². The molecule has 0 aromatic heterocycles. The quantitative estimate of drug-likeness (QED) is 0.0909. The highest BCUT2D eigenvalue weighted by Gasteiger charge is 2.11. The van der Waals surface area contributed by atoms with Crippen LogP contribution in [0.3, 0.4) is 0 Å². The van der Waals surface area contributed by atoms with Gasteiger partial charge >= 0.3 is 11.9 Å². The van der Waals surface area contributed by atoms with Crippen LogP contribution >= 0.6 is 0 Å². The summed E-state index contributed by atoms with van der Waals surface area (Å²) in [7, 11) is 0. The van der Waals surface area contributed by atoms with Gasteiger partial charge in [-0.15, -0.1) is 0 Å². The summed E-state index contributed by atoms with van der Waals surface area (Å²) in [6, 6.07) is 0. The van der Waals surface area contributed by atoms with Gasteiger partial charge < -0.3 is 9.47 Å². The zero-order chi connectivity index (χ0) is 25.1. The molecule has 0 amide bonds. The van der Waals surface area contributed by atoms with Gasteiger partial charge in [0.1, 0.15) is 0 Å². The number of hydrogen-bond acceptors (Lipinski definition) is 4. The number of esters is 2. The van der Waals surface area contributed by atoms with E-state index in [2.05, 4.69) is 13.8 Å². The lowest BCUT2D eigenvalue weighted by Crippen LogP contribution is -2.15. The van der Waals surface area contributed by atoms with E-state index in [1.807, 2.05) is 6.92 Å². The Morgan fingerprint density at radius 1 is 0.529 bits per heavy atom. The third-order valence-corrected chi connectivity index (χ3v) is 6.57. The Hall–Kier alpha value is -1.06. The van der Waals surface area contributed by atoms with Crippen LogP contribution in [-0.2, 0) is 19.1 Å². The van der Waals surface area contributed by atoms with Crippen molar-refractivity contribution in [1.82, 2.24) is 0 Å². The second-order valence-corrected chi connectivity index (χ2v) is 10.2. The first-order chi connectivity index (χ1) is 16.6. The Morgan fingerprint density at radius 3 is 1.44 bits per heavy atom. The molecule has 0 bridgehead atoms. The van der Waals surface area contributed by atoms with Gasteiger partial charge in [-0.25, -0.2) is 0 Å². The number of carbonyl (C=O) groups excluding carboxylic acids is 2. The highest BCUT2D eigenvalue weighted by atomic mass is 16.5. The SMILES string of the molecule is CCCCCCCCCCCCCCCCCCOC(=O)CCCC(=O)OC(C)CCCCC. The Balaban J connectivity index is 3.31. The molecule has 0 spiro atoms. The topological polar surface area (TPSA) is 52.6 Å². The van der Waals surface area contributed by atoms with Crippen molar-refractivity contribution in [2.45, 2.75) is 175 Å². The Morgan fingerprint density at radius 2 is 0.941 bits per heavy atom. The molecule has 0 aromatic rings. The molecule has 0 heterocycles. The van der Waals surface area contributed by atoms with Crippen molar-refractivity contribution >= 4 is 11.9 Å². The molecule has 0 radical (unpaired) electrons. The van der Waals surface area contributed by atoms with Gasteiger partial charge in [0, 0.05) is 12.8 Å². The minimum absolute atomic E-state index is 0.0269. The lowest BCUT2D eigenvalue weighted by molar-refractivity contribution is -0.149. The largest absolute Gasteiger partial charge is 0.466 e. The first-order valence-electron chi connectivity index (χ1n) is 14.9. The molecule has 0 rings (SSSR count). The normalized spacial score (nSPS) is 12.0. The van der Waals surface area contributed by atoms with Crippen molar-refractivity contribution in [3.05, 3.63) is 0 Å². The smallest absolute Gasteiger partial charge is 0.306 e. The fraction of sp³-hybridized carbons (Fsp3) is 0.933. The molecule has 1 unspecified atom stereocenters. The molecular weight excluding hydrogens is 424 g/mol. The van der Waals surface area contributed by atoms with Crippen LogP contribution in [-0.4, -0.2) is 24.6 Å². The summed E-state index contributed by atoms with van der Waals surface area (Å²) < 4.78 is 10.7. The molecule has 0 saturated carbocycles. The Labute approximate surface area is 212 Å². The fourth-order valence-electron chi connectivity index (χ4n) is 4.31. The lowest BCUT2D eigenvalue weighted by Gasteiger charge is -2.12. The molecule has 0 aliphatic heterocycles. The van der Waals surface area contributed by atoms with E-state index in [4.69, 9.17) is 9.47 Å². The van der Waals surface area contributed by atoms with Crippen molar-refractivity contribution < 1.29 is 19.1 Å². The van der Waals surface area contributed by atoms with Gasteiger partial charge in [-0.3, -0.25) is 9.59 Å². The summed E-state index contributed by atoms with van der Waals surface area (Å²) in [6.07, 6.45) is 26.9. The molecule has 34 heavy (non-hydrogen) atoms. The average molecular weight is 483 g/mol. The summed E-state index contributed by atoms with van der Waals surface area (Å²) in [6.45, 7) is 6.89. The van der Waals surface area contributed by atoms with Crippen molar-refractivity contribution in [3.63, 3.8) is 0 Å². The van der Waals surface area contributed by atoms with Gasteiger partial charge in [-0.1, -0.05) is 123 Å². The molecule has 0 fully saturated rings. The minimum Gasteiger partial charge on any atom is -0.466 e. The maximum Gasteiger partial charge on any atom is 0.306 e. The van der Waals surface area contributed by atoms with Gasteiger partial charge in [-0.2, -0.15) is 0 Å². The molecule has 0 saturated heterocycles. The molecule has 4 nitrogen and oxygen atoms in total. The van der Waals surface area contributed by atoms with E-state index >= 15 is 0 Å². The Bertz CT molecular complexity index is 449. The van der Waals surface area contributed by atoms with E-state index in [0.717, 1.165) is 25.7 Å². The molecule has 0 aromatic carbocycles. The summed E-state index contributed by atoms with van der Waals surface area (Å²) >= 11 is 0. The van der Waals surface area contributed by atoms with Crippen molar-refractivity contribution in [3.8, 4) is 0 Å². The van der Waals surface area contributed by atoms with E-state index in [1.54, 1.807) is 0 Å². The highest BCUT2D eigenvalue weighted by Crippen LogP contribution is 2.14. The van der Waals surface area contributed by atoms with Crippen LogP contribution < -0.4 is 0 Å². The van der Waals surface area contributed by atoms with Crippen LogP contribution in [0.5, 0.6) is 0 Å². The number of rotatable bonds is 26. The van der Waals surface area contributed by atoms with Gasteiger partial charge in [-0.05, 0) is 32.6 Å². The molecule has 202 valence electrons. The second kappa shape index (κ2) is 26.5. The molecular formula is C30H58O4. The third-order valence-electron chi connectivity index (χ3n) is 6.57. The highest BCUT2D eigenvalue weighted by molar-refractivity contribution is 5.72. The molecule has 1 atom stereocenters. The van der Waals surface area contributed by atoms with E-state index in [-0.39, 0.29) is 18.0 Å². The summed E-state index contributed by atoms with van der Waals surface area (Å²) in [5, 5.41) is 0. The maximum absolute atomic E-state index is 11.8. The van der Waals surface area contributed by atoms with Gasteiger partial charge in [0.15, 0.2) is 0 Å². The number of hydrogen-bond donors (Lipinski definition) is 0. The molecule has 4 heteroatoms. The van der Waals surface area contributed by atoms with Crippen molar-refractivity contribution in [1.29, 1.82) is 0 Å². The monoisotopic (exact) mass is 482 g/mol. The molecule has 0 aliphatic rings. The average Bonchev–Trinajstić information content (AvgIpc) is 2.81. The van der Waals surface area contributed by atoms with Gasteiger partial charge in [0.25, 0.3) is 0 Å². The summed E-state index contributed by atoms with van der Waals surface area (Å²) in [4.78, 5) is 23.6. The predicted octanol–water partition coefficient (Wildman–Crippen LogP) is 9.47. The van der Waals surface area contributed by atoms with Gasteiger partial charge in [0.2, 0.25) is 0 Å². The van der Waals surface area contributed by atoms with Crippen LogP contribution in [0.25, 0.3) is 0 Å².